The van der Waals surface area contributed by atoms with Crippen LogP contribution in [0.25, 0.3) is 0 Å². The van der Waals surface area contributed by atoms with Crippen LogP contribution in [0.1, 0.15) is 18.9 Å². The van der Waals surface area contributed by atoms with E-state index in [2.05, 4.69) is 10.0 Å². The molecule has 0 bridgehead atoms. The molecule has 0 spiro atoms. The lowest BCUT2D eigenvalue weighted by atomic mass is 10.1. The second-order valence-electron chi connectivity index (χ2n) is 6.23. The van der Waals surface area contributed by atoms with Crippen molar-refractivity contribution in [2.24, 2.45) is 0 Å². The average Bonchev–Trinajstić information content (AvgIpc) is 2.70. The SMILES string of the molecule is COc1ccc(CCCNS(=O)(=O)c2ccc(SC)c(NC(C)=O)c2)cc1OC. The van der Waals surface area contributed by atoms with E-state index in [1.54, 1.807) is 20.3 Å². The Hall–Kier alpha value is -2.23. The zero-order chi connectivity index (χ0) is 21.4. The fraction of sp³-hybridized carbons (Fsp3) is 0.350. The van der Waals surface area contributed by atoms with E-state index in [0.717, 1.165) is 10.5 Å². The molecule has 0 aliphatic heterocycles. The molecule has 1 amide bonds. The maximum Gasteiger partial charge on any atom is 0.240 e. The molecule has 0 aliphatic rings. The number of thioether (sulfide) groups is 1. The smallest absolute Gasteiger partial charge is 0.240 e. The van der Waals surface area contributed by atoms with Crippen molar-refractivity contribution in [2.75, 3.05) is 32.3 Å². The van der Waals surface area contributed by atoms with E-state index in [1.807, 2.05) is 24.5 Å². The number of benzene rings is 2. The van der Waals surface area contributed by atoms with E-state index in [4.69, 9.17) is 9.47 Å². The number of nitrogens with one attached hydrogen (secondary N) is 2. The van der Waals surface area contributed by atoms with Crippen molar-refractivity contribution in [3.63, 3.8) is 0 Å². The molecule has 9 heteroatoms. The third-order valence-electron chi connectivity index (χ3n) is 4.17. The summed E-state index contributed by atoms with van der Waals surface area (Å²) in [5.74, 6) is 1.04. The number of rotatable bonds is 10. The maximum absolute atomic E-state index is 12.6. The summed E-state index contributed by atoms with van der Waals surface area (Å²) in [7, 11) is -0.521. The van der Waals surface area contributed by atoms with Crippen molar-refractivity contribution in [1.29, 1.82) is 0 Å². The van der Waals surface area contributed by atoms with Gasteiger partial charge in [0.2, 0.25) is 15.9 Å². The van der Waals surface area contributed by atoms with Crippen LogP contribution >= 0.6 is 11.8 Å². The normalized spacial score (nSPS) is 11.2. The number of sulfonamides is 1. The number of anilines is 1. The number of ether oxygens (including phenoxy) is 2. The number of methoxy groups -OCH3 is 2. The lowest BCUT2D eigenvalue weighted by Gasteiger charge is -2.12. The first-order valence-electron chi connectivity index (χ1n) is 8.97. The first-order chi connectivity index (χ1) is 13.8. The van der Waals surface area contributed by atoms with Crippen LogP contribution in [0.4, 0.5) is 5.69 Å². The van der Waals surface area contributed by atoms with Crippen LogP contribution in [0.15, 0.2) is 46.2 Å². The highest BCUT2D eigenvalue weighted by Gasteiger charge is 2.16. The Morgan fingerprint density at radius 1 is 1.07 bits per heavy atom. The largest absolute Gasteiger partial charge is 0.493 e. The van der Waals surface area contributed by atoms with E-state index >= 15 is 0 Å². The minimum Gasteiger partial charge on any atom is -0.493 e. The van der Waals surface area contributed by atoms with Crippen LogP contribution in [0, 0.1) is 0 Å². The highest BCUT2D eigenvalue weighted by Crippen LogP contribution is 2.29. The van der Waals surface area contributed by atoms with Gasteiger partial charge in [-0.2, -0.15) is 0 Å². The van der Waals surface area contributed by atoms with Gasteiger partial charge in [-0.25, -0.2) is 13.1 Å². The van der Waals surface area contributed by atoms with Gasteiger partial charge in [-0.1, -0.05) is 6.07 Å². The lowest BCUT2D eigenvalue weighted by molar-refractivity contribution is -0.114. The summed E-state index contributed by atoms with van der Waals surface area (Å²) in [6.07, 6.45) is 3.17. The molecular formula is C20H26N2O5S2. The molecule has 0 saturated heterocycles. The Morgan fingerprint density at radius 2 is 1.79 bits per heavy atom. The third kappa shape index (κ3) is 6.38. The molecule has 2 rings (SSSR count). The van der Waals surface area contributed by atoms with Gasteiger partial charge >= 0.3 is 0 Å². The molecule has 0 aromatic heterocycles. The van der Waals surface area contributed by atoms with Gasteiger partial charge in [-0.05, 0) is 55.0 Å². The van der Waals surface area contributed by atoms with Gasteiger partial charge in [0.25, 0.3) is 0 Å². The first kappa shape index (κ1) is 23.1. The number of amides is 1. The van der Waals surface area contributed by atoms with Crippen LogP contribution in [0.2, 0.25) is 0 Å². The number of carbonyl (C=O) groups excluding carboxylic acids is 1. The predicted molar refractivity (Wildman–Crippen MR) is 116 cm³/mol. The number of aryl methyl sites for hydroxylation is 1. The quantitative estimate of drug-likeness (QED) is 0.437. The van der Waals surface area contributed by atoms with Crippen molar-refractivity contribution in [1.82, 2.24) is 4.72 Å². The average molecular weight is 439 g/mol. The zero-order valence-electron chi connectivity index (χ0n) is 16.9. The standard InChI is InChI=1S/C20H26N2O5S2/c1-14(23)22-17-13-16(8-10-20(17)28-4)29(24,25)21-11-5-6-15-7-9-18(26-2)19(12-15)27-3/h7-10,12-13,21H,5-6,11H2,1-4H3,(H,22,23). The van der Waals surface area contributed by atoms with E-state index in [-0.39, 0.29) is 17.3 Å². The van der Waals surface area contributed by atoms with Crippen molar-refractivity contribution in [3.8, 4) is 11.5 Å². The molecule has 2 aromatic carbocycles. The molecule has 0 fully saturated rings. The van der Waals surface area contributed by atoms with Gasteiger partial charge in [0.1, 0.15) is 0 Å². The molecule has 0 unspecified atom stereocenters. The fourth-order valence-corrected chi connectivity index (χ4v) is 4.39. The summed E-state index contributed by atoms with van der Waals surface area (Å²) < 4.78 is 38.3. The molecule has 2 aromatic rings. The zero-order valence-corrected chi connectivity index (χ0v) is 18.6. The third-order valence-corrected chi connectivity index (χ3v) is 6.43. The molecule has 7 nitrogen and oxygen atoms in total. The molecule has 0 atom stereocenters. The Kier molecular flexibility index (Phi) is 8.36. The molecule has 0 heterocycles. The molecule has 158 valence electrons. The number of hydrogen-bond donors (Lipinski definition) is 2. The molecule has 2 N–H and O–H groups in total. The Balaban J connectivity index is 2.00. The highest BCUT2D eigenvalue weighted by atomic mass is 32.2. The van der Waals surface area contributed by atoms with E-state index in [0.29, 0.717) is 30.0 Å². The summed E-state index contributed by atoms with van der Waals surface area (Å²) in [5, 5.41) is 2.67. The fourth-order valence-electron chi connectivity index (χ4n) is 2.76. The van der Waals surface area contributed by atoms with Crippen LogP contribution in [0.5, 0.6) is 11.5 Å². The maximum atomic E-state index is 12.6. The lowest BCUT2D eigenvalue weighted by Crippen LogP contribution is -2.25. The Labute approximate surface area is 176 Å². The van der Waals surface area contributed by atoms with Crippen molar-refractivity contribution >= 4 is 33.4 Å². The minimum absolute atomic E-state index is 0.116. The van der Waals surface area contributed by atoms with Gasteiger partial charge in [-0.3, -0.25) is 4.79 Å². The van der Waals surface area contributed by atoms with E-state index in [9.17, 15) is 13.2 Å². The molecule has 0 aliphatic carbocycles. The van der Waals surface area contributed by atoms with Crippen molar-refractivity contribution in [2.45, 2.75) is 29.6 Å². The second-order valence-corrected chi connectivity index (χ2v) is 8.85. The van der Waals surface area contributed by atoms with Crippen molar-refractivity contribution < 1.29 is 22.7 Å². The second kappa shape index (κ2) is 10.5. The van der Waals surface area contributed by atoms with Gasteiger partial charge in [-0.15, -0.1) is 11.8 Å². The van der Waals surface area contributed by atoms with Crippen LogP contribution in [-0.2, 0) is 21.2 Å². The van der Waals surface area contributed by atoms with E-state index < -0.39 is 10.0 Å². The van der Waals surface area contributed by atoms with Gasteiger partial charge in [0.05, 0.1) is 24.8 Å². The molecular weight excluding hydrogens is 412 g/mol. The van der Waals surface area contributed by atoms with Crippen LogP contribution in [-0.4, -0.2) is 41.3 Å². The summed E-state index contributed by atoms with van der Waals surface area (Å²) in [5.41, 5.74) is 1.51. The summed E-state index contributed by atoms with van der Waals surface area (Å²) in [6, 6.07) is 10.3. The van der Waals surface area contributed by atoms with Gasteiger partial charge < -0.3 is 14.8 Å². The molecule has 29 heavy (non-hydrogen) atoms. The molecule has 0 radical (unpaired) electrons. The van der Waals surface area contributed by atoms with Crippen LogP contribution < -0.4 is 19.5 Å². The minimum atomic E-state index is -3.68. The Morgan fingerprint density at radius 3 is 2.41 bits per heavy atom. The van der Waals surface area contributed by atoms with Crippen molar-refractivity contribution in [3.05, 3.63) is 42.0 Å². The van der Waals surface area contributed by atoms with Crippen LogP contribution in [0.3, 0.4) is 0 Å². The summed E-state index contributed by atoms with van der Waals surface area (Å²) >= 11 is 1.43. The monoisotopic (exact) mass is 438 g/mol. The van der Waals surface area contributed by atoms with Gasteiger partial charge in [0.15, 0.2) is 11.5 Å². The topological polar surface area (TPSA) is 93.7 Å². The summed E-state index contributed by atoms with van der Waals surface area (Å²) in [4.78, 5) is 12.3. The number of carbonyl (C=O) groups is 1. The predicted octanol–water partition coefficient (Wildman–Crippen LogP) is 3.30. The first-order valence-corrected chi connectivity index (χ1v) is 11.7. The number of hydrogen-bond acceptors (Lipinski definition) is 6. The molecule has 0 saturated carbocycles. The Bertz CT molecular complexity index is 961. The summed E-state index contributed by atoms with van der Waals surface area (Å²) in [6.45, 7) is 1.67. The highest BCUT2D eigenvalue weighted by molar-refractivity contribution is 7.98. The van der Waals surface area contributed by atoms with E-state index in [1.165, 1.54) is 30.8 Å². The van der Waals surface area contributed by atoms with Gasteiger partial charge in [0, 0.05) is 18.4 Å².